The number of nitrogens with one attached hydrogen (secondary N) is 1. The van der Waals surface area contributed by atoms with Gasteiger partial charge in [0.15, 0.2) is 12.5 Å². The Hall–Kier alpha value is -3.44. The van der Waals surface area contributed by atoms with E-state index in [0.29, 0.717) is 35.7 Å². The molecule has 1 amide bonds. The van der Waals surface area contributed by atoms with Gasteiger partial charge in [-0.05, 0) is 42.2 Å². The standard InChI is InChI=1S/C29H32N2O7S/c32-18-20-11-13-21(14-12-20)25-17-24(19-39-27-9-3-4-15-31(27)36)37-29(38-25)22-6-5-7-23(16-22)30-26(33)8-1-2-10-28(34)35/h3-7,9,11-16,24-25,29,32H,1-2,8,10,17-19H2,(H,30,33)(H,34,35). The predicted molar refractivity (Wildman–Crippen MR) is 146 cm³/mol. The first-order valence-electron chi connectivity index (χ1n) is 12.8. The number of rotatable bonds is 12. The van der Waals surface area contributed by atoms with Crippen LogP contribution in [0.15, 0.2) is 78.0 Å². The maximum Gasteiger partial charge on any atom is 0.303 e. The van der Waals surface area contributed by atoms with E-state index in [1.54, 1.807) is 18.2 Å². The van der Waals surface area contributed by atoms with Gasteiger partial charge in [0.05, 0.1) is 18.8 Å². The number of aliphatic hydroxyl groups excluding tert-OH is 1. The fraction of sp³-hybridized carbons (Fsp3) is 0.345. The third-order valence-corrected chi connectivity index (χ3v) is 7.46. The van der Waals surface area contributed by atoms with Gasteiger partial charge in [-0.2, -0.15) is 4.73 Å². The Balaban J connectivity index is 1.46. The van der Waals surface area contributed by atoms with Gasteiger partial charge >= 0.3 is 5.97 Å². The second-order valence-corrected chi connectivity index (χ2v) is 10.3. The third-order valence-electron chi connectivity index (χ3n) is 6.31. The van der Waals surface area contributed by atoms with Crippen molar-refractivity contribution >= 4 is 29.3 Å². The molecule has 0 radical (unpaired) electrons. The van der Waals surface area contributed by atoms with Crippen molar-refractivity contribution < 1.29 is 34.0 Å². The number of pyridine rings is 1. The van der Waals surface area contributed by atoms with Crippen molar-refractivity contribution in [3.63, 3.8) is 0 Å². The van der Waals surface area contributed by atoms with Crippen molar-refractivity contribution in [1.82, 2.24) is 0 Å². The minimum atomic E-state index is -0.870. The van der Waals surface area contributed by atoms with Crippen LogP contribution in [-0.4, -0.2) is 33.9 Å². The molecule has 3 aromatic rings. The summed E-state index contributed by atoms with van der Waals surface area (Å²) in [5.41, 5.74) is 3.11. The lowest BCUT2D eigenvalue weighted by molar-refractivity contribution is -0.645. The molecule has 3 N–H and O–H groups in total. The monoisotopic (exact) mass is 552 g/mol. The summed E-state index contributed by atoms with van der Waals surface area (Å²) in [5.74, 6) is -0.511. The van der Waals surface area contributed by atoms with Crippen molar-refractivity contribution in [3.8, 4) is 0 Å². The normalized spacial score (nSPS) is 18.9. The van der Waals surface area contributed by atoms with Gasteiger partial charge in [-0.1, -0.05) is 48.2 Å². The van der Waals surface area contributed by atoms with Gasteiger partial charge in [-0.25, -0.2) is 0 Å². The number of carbonyl (C=O) groups excluding carboxylic acids is 1. The highest BCUT2D eigenvalue weighted by Crippen LogP contribution is 2.39. The minimum absolute atomic E-state index is 0.0405. The molecule has 3 atom stereocenters. The van der Waals surface area contributed by atoms with E-state index in [2.05, 4.69) is 5.32 Å². The molecule has 0 spiro atoms. The third kappa shape index (κ3) is 8.52. The number of carbonyl (C=O) groups is 2. The number of anilines is 1. The number of hydrogen-bond donors (Lipinski definition) is 3. The van der Waals surface area contributed by atoms with Crippen LogP contribution in [0.4, 0.5) is 5.69 Å². The Morgan fingerprint density at radius 3 is 2.54 bits per heavy atom. The van der Waals surface area contributed by atoms with Gasteiger partial charge in [-0.15, -0.1) is 0 Å². The van der Waals surface area contributed by atoms with Gasteiger partial charge < -0.3 is 30.2 Å². The molecule has 10 heteroatoms. The first-order chi connectivity index (χ1) is 18.9. The van der Waals surface area contributed by atoms with E-state index in [1.165, 1.54) is 18.0 Å². The summed E-state index contributed by atoms with van der Waals surface area (Å²) in [6, 6.07) is 20.2. The van der Waals surface area contributed by atoms with E-state index in [4.69, 9.17) is 14.6 Å². The fourth-order valence-corrected chi connectivity index (χ4v) is 5.21. The molecule has 1 aromatic heterocycles. The molecule has 0 aliphatic carbocycles. The molecule has 1 saturated heterocycles. The number of aliphatic carboxylic acids is 1. The molecule has 4 rings (SSSR count). The highest BCUT2D eigenvalue weighted by Gasteiger charge is 2.33. The first-order valence-corrected chi connectivity index (χ1v) is 13.8. The van der Waals surface area contributed by atoms with Crippen molar-refractivity contribution in [3.05, 3.63) is 94.8 Å². The molecule has 9 nitrogen and oxygen atoms in total. The van der Waals surface area contributed by atoms with E-state index in [-0.39, 0.29) is 37.6 Å². The van der Waals surface area contributed by atoms with E-state index < -0.39 is 12.3 Å². The van der Waals surface area contributed by atoms with Crippen LogP contribution < -0.4 is 10.0 Å². The van der Waals surface area contributed by atoms with Crippen LogP contribution in [0.1, 0.15) is 61.2 Å². The molecule has 206 valence electrons. The molecule has 1 aliphatic rings. The fourth-order valence-electron chi connectivity index (χ4n) is 4.27. The number of carboxylic acids is 1. The summed E-state index contributed by atoms with van der Waals surface area (Å²) < 4.78 is 13.5. The number of thioether (sulfide) groups is 1. The highest BCUT2D eigenvalue weighted by atomic mass is 32.2. The first kappa shape index (κ1) is 28.6. The van der Waals surface area contributed by atoms with Gasteiger partial charge in [0, 0.05) is 48.4 Å². The van der Waals surface area contributed by atoms with Gasteiger partial charge in [0.1, 0.15) is 0 Å². The van der Waals surface area contributed by atoms with E-state index in [9.17, 15) is 19.9 Å². The molecule has 1 fully saturated rings. The zero-order valence-corrected chi connectivity index (χ0v) is 22.2. The quantitative estimate of drug-likeness (QED) is 0.127. The van der Waals surface area contributed by atoms with Crippen molar-refractivity contribution in [2.75, 3.05) is 11.1 Å². The lowest BCUT2D eigenvalue weighted by Gasteiger charge is -2.36. The maximum atomic E-state index is 12.4. The Bertz CT molecular complexity index is 1250. The molecule has 2 aromatic carbocycles. The second-order valence-electron chi connectivity index (χ2n) is 9.30. The lowest BCUT2D eigenvalue weighted by Crippen LogP contribution is -2.32. The number of aromatic nitrogens is 1. The van der Waals surface area contributed by atoms with Crippen LogP contribution in [0.3, 0.4) is 0 Å². The van der Waals surface area contributed by atoms with Crippen LogP contribution in [0.5, 0.6) is 0 Å². The topological polar surface area (TPSA) is 132 Å². The molecule has 0 bridgehead atoms. The highest BCUT2D eigenvalue weighted by molar-refractivity contribution is 7.99. The van der Waals surface area contributed by atoms with E-state index >= 15 is 0 Å². The van der Waals surface area contributed by atoms with Gasteiger partial charge in [0.25, 0.3) is 5.03 Å². The Kier molecular flexibility index (Phi) is 10.3. The summed E-state index contributed by atoms with van der Waals surface area (Å²) in [6.45, 7) is -0.0405. The predicted octanol–water partition coefficient (Wildman–Crippen LogP) is 4.73. The van der Waals surface area contributed by atoms with Crippen LogP contribution in [0.2, 0.25) is 0 Å². The number of unbranched alkanes of at least 4 members (excludes halogenated alkanes) is 1. The van der Waals surface area contributed by atoms with Crippen molar-refractivity contribution in [1.29, 1.82) is 0 Å². The number of aliphatic hydroxyl groups is 1. The number of hydrogen-bond acceptors (Lipinski definition) is 7. The number of nitrogens with zero attached hydrogens (tertiary/aromatic N) is 1. The average Bonchev–Trinajstić information content (AvgIpc) is 2.95. The summed E-state index contributed by atoms with van der Waals surface area (Å²) in [7, 11) is 0. The SMILES string of the molecule is O=C(O)CCCCC(=O)Nc1cccc(C2OC(CSc3cccc[n+]3[O-])CC(c3ccc(CO)cc3)O2)c1. The van der Waals surface area contributed by atoms with Crippen LogP contribution >= 0.6 is 11.8 Å². The Morgan fingerprint density at radius 2 is 1.79 bits per heavy atom. The van der Waals surface area contributed by atoms with Crippen LogP contribution in [0, 0.1) is 5.21 Å². The molecule has 2 heterocycles. The van der Waals surface area contributed by atoms with Gasteiger partial charge in [0.2, 0.25) is 5.91 Å². The van der Waals surface area contributed by atoms with Crippen LogP contribution in [0.25, 0.3) is 0 Å². The molecular weight excluding hydrogens is 520 g/mol. The second kappa shape index (κ2) is 14.1. The Labute approximate surface area is 231 Å². The summed E-state index contributed by atoms with van der Waals surface area (Å²) in [5, 5.41) is 33.7. The summed E-state index contributed by atoms with van der Waals surface area (Å²) >= 11 is 1.42. The van der Waals surface area contributed by atoms with Crippen molar-refractivity contribution in [2.45, 2.75) is 62.2 Å². The number of carboxylic acid groups (broad SMARTS) is 1. The van der Waals surface area contributed by atoms with Crippen LogP contribution in [-0.2, 0) is 25.7 Å². The van der Waals surface area contributed by atoms with E-state index in [0.717, 1.165) is 21.4 Å². The van der Waals surface area contributed by atoms with E-state index in [1.807, 2.05) is 48.5 Å². The average molecular weight is 553 g/mol. The maximum absolute atomic E-state index is 12.4. The minimum Gasteiger partial charge on any atom is -0.618 e. The van der Waals surface area contributed by atoms with Crippen molar-refractivity contribution in [2.24, 2.45) is 0 Å². The van der Waals surface area contributed by atoms with Gasteiger partial charge in [-0.3, -0.25) is 9.59 Å². The summed E-state index contributed by atoms with van der Waals surface area (Å²) in [6.07, 6.45) is 2.08. The summed E-state index contributed by atoms with van der Waals surface area (Å²) in [4.78, 5) is 23.0. The Morgan fingerprint density at radius 1 is 1.00 bits per heavy atom. The largest absolute Gasteiger partial charge is 0.618 e. The number of amides is 1. The molecule has 39 heavy (non-hydrogen) atoms. The zero-order chi connectivity index (χ0) is 27.6. The number of benzene rings is 2. The molecule has 1 aliphatic heterocycles. The zero-order valence-electron chi connectivity index (χ0n) is 21.4. The number of ether oxygens (including phenoxy) is 2. The smallest absolute Gasteiger partial charge is 0.303 e. The lowest BCUT2D eigenvalue weighted by atomic mass is 10.0. The molecule has 0 saturated carbocycles. The molecule has 3 unspecified atom stereocenters. The molecular formula is C29H32N2O7S.